The zero-order valence-electron chi connectivity index (χ0n) is 17.0. The van der Waals surface area contributed by atoms with Crippen LogP contribution in [0.3, 0.4) is 0 Å². The molecule has 0 unspecified atom stereocenters. The highest BCUT2D eigenvalue weighted by Crippen LogP contribution is 2.32. The zero-order chi connectivity index (χ0) is 22.7. The molecule has 0 aliphatic carbocycles. The average molecular weight is 449 g/mol. The number of aromatic nitrogens is 3. The number of hydrogen-bond donors (Lipinski definition) is 1. The van der Waals surface area contributed by atoms with Crippen molar-refractivity contribution in [2.45, 2.75) is 16.8 Å². The number of carbonyl (C=O) groups is 1. The van der Waals surface area contributed by atoms with Crippen LogP contribution in [-0.2, 0) is 9.84 Å². The molecule has 1 aromatic heterocycles. The zero-order valence-corrected chi connectivity index (χ0v) is 17.9. The predicted molar refractivity (Wildman–Crippen MR) is 117 cm³/mol. The van der Waals surface area contributed by atoms with E-state index in [1.54, 1.807) is 48.5 Å². The molecular weight excluding hydrogens is 430 g/mol. The minimum Gasteiger partial charge on any atom is -0.494 e. The fourth-order valence-electron chi connectivity index (χ4n) is 3.24. The topological polar surface area (TPSA) is 111 Å². The van der Waals surface area contributed by atoms with E-state index in [1.165, 1.54) is 28.9 Å². The molecule has 0 saturated carbocycles. The number of rotatable bonds is 7. The number of ether oxygens (including phenoxy) is 1. The van der Waals surface area contributed by atoms with Gasteiger partial charge in [0.2, 0.25) is 14.9 Å². The maximum Gasteiger partial charge on any atom is 0.335 e. The van der Waals surface area contributed by atoms with E-state index in [2.05, 4.69) is 10.3 Å². The number of carboxylic acid groups (broad SMARTS) is 1. The maximum atomic E-state index is 13.5. The van der Waals surface area contributed by atoms with Gasteiger partial charge in [0.1, 0.15) is 11.4 Å². The van der Waals surface area contributed by atoms with Crippen molar-refractivity contribution in [2.75, 3.05) is 6.61 Å². The maximum absolute atomic E-state index is 13.5. The van der Waals surface area contributed by atoms with Crippen LogP contribution in [0.15, 0.2) is 88.8 Å². The van der Waals surface area contributed by atoms with Crippen LogP contribution in [0.5, 0.6) is 5.75 Å². The largest absolute Gasteiger partial charge is 0.494 e. The van der Waals surface area contributed by atoms with Crippen molar-refractivity contribution >= 4 is 15.8 Å². The van der Waals surface area contributed by atoms with Gasteiger partial charge in [-0.05, 0) is 49.4 Å². The lowest BCUT2D eigenvalue weighted by molar-refractivity contribution is 0.0697. The van der Waals surface area contributed by atoms with Gasteiger partial charge in [-0.1, -0.05) is 41.6 Å². The molecule has 8 nitrogen and oxygen atoms in total. The van der Waals surface area contributed by atoms with E-state index in [4.69, 9.17) is 4.74 Å². The first-order chi connectivity index (χ1) is 15.4. The highest BCUT2D eigenvalue weighted by molar-refractivity contribution is 7.91. The Hall–Kier alpha value is -3.98. The van der Waals surface area contributed by atoms with Gasteiger partial charge < -0.3 is 9.84 Å². The molecule has 0 radical (unpaired) electrons. The highest BCUT2D eigenvalue weighted by atomic mass is 32.2. The molecule has 0 amide bonds. The first kappa shape index (κ1) is 21.3. The Bertz CT molecular complexity index is 1360. The molecule has 9 heteroatoms. The van der Waals surface area contributed by atoms with Crippen molar-refractivity contribution < 1.29 is 23.1 Å². The van der Waals surface area contributed by atoms with Crippen molar-refractivity contribution in [1.82, 2.24) is 15.0 Å². The first-order valence-electron chi connectivity index (χ1n) is 9.74. The summed E-state index contributed by atoms with van der Waals surface area (Å²) in [6.07, 6.45) is 0. The van der Waals surface area contributed by atoms with Gasteiger partial charge in [-0.25, -0.2) is 17.9 Å². The molecule has 0 aliphatic rings. The normalized spacial score (nSPS) is 11.3. The summed E-state index contributed by atoms with van der Waals surface area (Å²) >= 11 is 0. The third kappa shape index (κ3) is 3.97. The summed E-state index contributed by atoms with van der Waals surface area (Å²) in [7, 11) is -4.03. The lowest BCUT2D eigenvalue weighted by atomic mass is 10.1. The van der Waals surface area contributed by atoms with Gasteiger partial charge in [0.25, 0.3) is 0 Å². The minimum atomic E-state index is -4.03. The fraction of sp³-hybridized carbons (Fsp3) is 0.0870. The molecule has 32 heavy (non-hydrogen) atoms. The van der Waals surface area contributed by atoms with Crippen LogP contribution in [0.1, 0.15) is 17.3 Å². The number of hydrogen-bond acceptors (Lipinski definition) is 6. The molecule has 1 N–H and O–H groups in total. The van der Waals surface area contributed by atoms with Crippen LogP contribution in [0.25, 0.3) is 16.9 Å². The van der Waals surface area contributed by atoms with Gasteiger partial charge in [0, 0.05) is 5.56 Å². The van der Waals surface area contributed by atoms with Crippen molar-refractivity contribution in [2.24, 2.45) is 0 Å². The smallest absolute Gasteiger partial charge is 0.335 e. The van der Waals surface area contributed by atoms with Gasteiger partial charge in [-0.3, -0.25) is 0 Å². The molecule has 0 spiro atoms. The Labute approximate surface area is 184 Å². The van der Waals surface area contributed by atoms with Crippen LogP contribution >= 0.6 is 0 Å². The second-order valence-electron chi connectivity index (χ2n) is 6.78. The van der Waals surface area contributed by atoms with Crippen molar-refractivity contribution in [1.29, 1.82) is 0 Å². The lowest BCUT2D eigenvalue weighted by Gasteiger charge is -2.10. The van der Waals surface area contributed by atoms with E-state index in [-0.39, 0.29) is 21.2 Å². The SMILES string of the molecule is CCOc1ccc(S(=O)(=O)c2nnn(-c3cccc(C(=O)O)c3)c2-c2ccccc2)cc1. The Morgan fingerprint density at radius 3 is 2.38 bits per heavy atom. The van der Waals surface area contributed by atoms with E-state index in [1.807, 2.05) is 13.0 Å². The van der Waals surface area contributed by atoms with Crippen LogP contribution in [-0.4, -0.2) is 41.1 Å². The Balaban J connectivity index is 1.90. The summed E-state index contributed by atoms with van der Waals surface area (Å²) in [5.74, 6) is -0.542. The van der Waals surface area contributed by atoms with Gasteiger partial charge in [-0.2, -0.15) is 0 Å². The lowest BCUT2D eigenvalue weighted by Crippen LogP contribution is -2.06. The summed E-state index contributed by atoms with van der Waals surface area (Å²) in [4.78, 5) is 11.5. The molecule has 4 aromatic rings. The molecule has 3 aromatic carbocycles. The van der Waals surface area contributed by atoms with E-state index in [9.17, 15) is 18.3 Å². The molecule has 0 bridgehead atoms. The molecule has 1 heterocycles. The molecule has 0 atom stereocenters. The van der Waals surface area contributed by atoms with Gasteiger partial charge in [0.05, 0.1) is 22.8 Å². The summed E-state index contributed by atoms with van der Waals surface area (Å²) in [6, 6.07) is 21.0. The summed E-state index contributed by atoms with van der Waals surface area (Å²) in [5.41, 5.74) is 1.24. The van der Waals surface area contributed by atoms with Gasteiger partial charge in [0.15, 0.2) is 0 Å². The van der Waals surface area contributed by atoms with Crippen molar-refractivity contribution in [3.8, 4) is 22.7 Å². The third-order valence-electron chi connectivity index (χ3n) is 4.72. The van der Waals surface area contributed by atoms with Gasteiger partial charge >= 0.3 is 5.97 Å². The minimum absolute atomic E-state index is 0.0458. The molecule has 162 valence electrons. The van der Waals surface area contributed by atoms with Crippen molar-refractivity contribution in [3.63, 3.8) is 0 Å². The van der Waals surface area contributed by atoms with E-state index < -0.39 is 15.8 Å². The fourth-order valence-corrected chi connectivity index (χ4v) is 4.56. The number of carboxylic acids is 1. The quantitative estimate of drug-likeness (QED) is 0.456. The van der Waals surface area contributed by atoms with Gasteiger partial charge in [-0.15, -0.1) is 5.10 Å². The van der Waals surface area contributed by atoms with E-state index in [0.29, 0.717) is 23.6 Å². The second kappa shape index (κ2) is 8.64. The van der Waals surface area contributed by atoms with E-state index in [0.717, 1.165) is 0 Å². The van der Waals surface area contributed by atoms with Crippen LogP contribution in [0.2, 0.25) is 0 Å². The number of sulfone groups is 1. The average Bonchev–Trinajstić information content (AvgIpc) is 3.26. The number of nitrogens with zero attached hydrogens (tertiary/aromatic N) is 3. The molecule has 4 rings (SSSR count). The summed E-state index contributed by atoms with van der Waals surface area (Å²) in [6.45, 7) is 2.31. The van der Waals surface area contributed by atoms with E-state index >= 15 is 0 Å². The Kier molecular flexibility index (Phi) is 5.74. The van der Waals surface area contributed by atoms with Crippen molar-refractivity contribution in [3.05, 3.63) is 84.4 Å². The number of aromatic carboxylic acids is 1. The first-order valence-corrected chi connectivity index (χ1v) is 11.2. The Morgan fingerprint density at radius 1 is 1.00 bits per heavy atom. The number of benzene rings is 3. The predicted octanol–water partition coefficient (Wildman–Crippen LogP) is 3.86. The van der Waals surface area contributed by atoms with Crippen LogP contribution < -0.4 is 4.74 Å². The van der Waals surface area contributed by atoms with Crippen LogP contribution in [0, 0.1) is 0 Å². The van der Waals surface area contributed by atoms with Crippen LogP contribution in [0.4, 0.5) is 0 Å². The second-order valence-corrected chi connectivity index (χ2v) is 8.65. The molecule has 0 aliphatic heterocycles. The monoisotopic (exact) mass is 449 g/mol. The standard InChI is InChI=1S/C23H19N3O5S/c1-2-31-19-11-13-20(14-12-19)32(29,30)22-21(16-7-4-3-5-8-16)26(25-24-22)18-10-6-9-17(15-18)23(27)28/h3-15H,2H2,1H3,(H,27,28). The summed E-state index contributed by atoms with van der Waals surface area (Å²) < 4.78 is 33.7. The third-order valence-corrected chi connectivity index (χ3v) is 6.40. The molecular formula is C23H19N3O5S. The summed E-state index contributed by atoms with van der Waals surface area (Å²) in [5, 5.41) is 17.2. The highest BCUT2D eigenvalue weighted by Gasteiger charge is 2.29. The Morgan fingerprint density at radius 2 is 1.72 bits per heavy atom. The molecule has 0 saturated heterocycles. The molecule has 0 fully saturated rings.